The normalized spacial score (nSPS) is 39.5. The molecule has 0 spiro atoms. The van der Waals surface area contributed by atoms with Gasteiger partial charge in [-0.15, -0.1) is 0 Å². The van der Waals surface area contributed by atoms with Gasteiger partial charge in [0.05, 0.1) is 12.7 Å². The van der Waals surface area contributed by atoms with Gasteiger partial charge in [-0.2, -0.15) is 5.26 Å². The lowest BCUT2D eigenvalue weighted by Crippen LogP contribution is -2.49. The van der Waals surface area contributed by atoms with Gasteiger partial charge >= 0.3 is 0 Å². The topological polar surface area (TPSA) is 62.5 Å². The van der Waals surface area contributed by atoms with E-state index >= 15 is 0 Å². The monoisotopic (exact) mass is 185 g/mol. The molecular weight excluding hydrogens is 170 g/mol. The third kappa shape index (κ3) is 2.11. The molecule has 0 amide bonds. The molecule has 4 atom stereocenters. The van der Waals surface area contributed by atoms with Crippen molar-refractivity contribution in [3.8, 4) is 6.26 Å². The van der Waals surface area contributed by atoms with Gasteiger partial charge < -0.3 is 14.6 Å². The Labute approximate surface area is 78.1 Å². The summed E-state index contributed by atoms with van der Waals surface area (Å²) >= 11 is 0. The van der Waals surface area contributed by atoms with E-state index in [0.717, 1.165) is 6.42 Å². The number of aliphatic hydroxyl groups is 1. The van der Waals surface area contributed by atoms with Crippen LogP contribution in [0.2, 0.25) is 0 Å². The highest BCUT2D eigenvalue weighted by molar-refractivity contribution is 4.86. The Hall–Kier alpha value is -0.790. The van der Waals surface area contributed by atoms with Crippen molar-refractivity contribution in [3.05, 3.63) is 0 Å². The molecule has 1 N–H and O–H groups in total. The Morgan fingerprint density at radius 1 is 1.69 bits per heavy atom. The molecule has 1 aliphatic rings. The van der Waals surface area contributed by atoms with E-state index in [1.165, 1.54) is 0 Å². The Morgan fingerprint density at radius 2 is 2.38 bits per heavy atom. The first-order valence-corrected chi connectivity index (χ1v) is 4.55. The first kappa shape index (κ1) is 10.3. The summed E-state index contributed by atoms with van der Waals surface area (Å²) in [6, 6.07) is 0. The second kappa shape index (κ2) is 4.45. The summed E-state index contributed by atoms with van der Waals surface area (Å²) in [6.45, 7) is 4.38. The van der Waals surface area contributed by atoms with Gasteiger partial charge in [0.2, 0.25) is 0 Å². The molecule has 0 radical (unpaired) electrons. The predicted molar refractivity (Wildman–Crippen MR) is 45.7 cm³/mol. The van der Waals surface area contributed by atoms with Crippen molar-refractivity contribution in [1.29, 1.82) is 5.26 Å². The first-order chi connectivity index (χ1) is 6.20. The van der Waals surface area contributed by atoms with Crippen LogP contribution < -0.4 is 0 Å². The minimum atomic E-state index is -0.687. The Bertz CT molecular complexity index is 202. The van der Waals surface area contributed by atoms with Gasteiger partial charge in [-0.25, -0.2) is 0 Å². The molecule has 0 aromatic rings. The summed E-state index contributed by atoms with van der Waals surface area (Å²) in [4.78, 5) is 0. The average molecular weight is 185 g/mol. The van der Waals surface area contributed by atoms with Crippen LogP contribution in [0.5, 0.6) is 0 Å². The SMILES string of the molecule is CCC1OCC(C)[C@H](OC#N)[C@@H]1O. The molecule has 1 aliphatic heterocycles. The van der Waals surface area contributed by atoms with E-state index in [1.807, 2.05) is 13.8 Å². The summed E-state index contributed by atoms with van der Waals surface area (Å²) in [5.74, 6) is 0.0671. The third-order valence-electron chi connectivity index (χ3n) is 2.44. The van der Waals surface area contributed by atoms with Crippen molar-refractivity contribution in [1.82, 2.24) is 0 Å². The minimum absolute atomic E-state index is 0.0671. The number of hydrogen-bond acceptors (Lipinski definition) is 4. The van der Waals surface area contributed by atoms with Crippen LogP contribution in [0.1, 0.15) is 20.3 Å². The first-order valence-electron chi connectivity index (χ1n) is 4.55. The number of aliphatic hydroxyl groups excluding tert-OH is 1. The zero-order chi connectivity index (χ0) is 9.84. The molecule has 13 heavy (non-hydrogen) atoms. The van der Waals surface area contributed by atoms with E-state index in [-0.39, 0.29) is 12.0 Å². The molecule has 1 heterocycles. The quantitative estimate of drug-likeness (QED) is 0.642. The number of hydrogen-bond donors (Lipinski definition) is 1. The fourth-order valence-electron chi connectivity index (χ4n) is 1.62. The zero-order valence-electron chi connectivity index (χ0n) is 7.93. The van der Waals surface area contributed by atoms with Gasteiger partial charge in [0.1, 0.15) is 12.2 Å². The maximum atomic E-state index is 9.73. The van der Waals surface area contributed by atoms with Crippen LogP contribution >= 0.6 is 0 Å². The van der Waals surface area contributed by atoms with Crippen LogP contribution in [0.4, 0.5) is 0 Å². The Kier molecular flexibility index (Phi) is 3.52. The molecular formula is C9H15NO3. The summed E-state index contributed by atoms with van der Waals surface area (Å²) < 4.78 is 10.2. The van der Waals surface area contributed by atoms with Crippen molar-refractivity contribution in [2.24, 2.45) is 5.92 Å². The van der Waals surface area contributed by atoms with Crippen LogP contribution in [-0.2, 0) is 9.47 Å². The largest absolute Gasteiger partial charge is 0.421 e. The molecule has 1 saturated heterocycles. The van der Waals surface area contributed by atoms with Crippen molar-refractivity contribution >= 4 is 0 Å². The van der Waals surface area contributed by atoms with Crippen molar-refractivity contribution < 1.29 is 14.6 Å². The maximum absolute atomic E-state index is 9.73. The third-order valence-corrected chi connectivity index (χ3v) is 2.44. The van der Waals surface area contributed by atoms with Crippen LogP contribution in [0.25, 0.3) is 0 Å². The lowest BCUT2D eigenvalue weighted by molar-refractivity contribution is -0.160. The van der Waals surface area contributed by atoms with Gasteiger partial charge in [-0.3, -0.25) is 0 Å². The van der Waals surface area contributed by atoms with Crippen LogP contribution in [0, 0.1) is 17.4 Å². The highest BCUT2D eigenvalue weighted by Crippen LogP contribution is 2.24. The molecule has 0 bridgehead atoms. The highest BCUT2D eigenvalue weighted by atomic mass is 16.5. The number of ether oxygens (including phenoxy) is 2. The number of rotatable bonds is 2. The molecule has 1 rings (SSSR count). The van der Waals surface area contributed by atoms with Crippen LogP contribution in [0.15, 0.2) is 0 Å². The molecule has 2 unspecified atom stereocenters. The van der Waals surface area contributed by atoms with Gasteiger partial charge in [-0.05, 0) is 6.42 Å². The van der Waals surface area contributed by atoms with Gasteiger partial charge in [-0.1, -0.05) is 13.8 Å². The maximum Gasteiger partial charge on any atom is 0.286 e. The molecule has 74 valence electrons. The van der Waals surface area contributed by atoms with Gasteiger partial charge in [0.15, 0.2) is 0 Å². The van der Waals surface area contributed by atoms with E-state index < -0.39 is 12.2 Å². The highest BCUT2D eigenvalue weighted by Gasteiger charge is 2.38. The fourth-order valence-corrected chi connectivity index (χ4v) is 1.62. The smallest absolute Gasteiger partial charge is 0.286 e. The standard InChI is InChI=1S/C9H15NO3/c1-3-7-8(11)9(13-5-10)6(2)4-12-7/h6-9,11H,3-4H2,1-2H3/t6?,7?,8-,9+/m1/s1. The second-order valence-electron chi connectivity index (χ2n) is 3.42. The Morgan fingerprint density at radius 3 is 2.92 bits per heavy atom. The van der Waals surface area contributed by atoms with Crippen molar-refractivity contribution in [2.75, 3.05) is 6.61 Å². The van der Waals surface area contributed by atoms with E-state index in [2.05, 4.69) is 0 Å². The number of nitrogens with zero attached hydrogens (tertiary/aromatic N) is 1. The minimum Gasteiger partial charge on any atom is -0.421 e. The van der Waals surface area contributed by atoms with E-state index in [9.17, 15) is 5.11 Å². The molecule has 4 heteroatoms. The summed E-state index contributed by atoms with van der Waals surface area (Å²) in [5, 5.41) is 18.1. The van der Waals surface area contributed by atoms with E-state index in [4.69, 9.17) is 14.7 Å². The van der Waals surface area contributed by atoms with Gasteiger partial charge in [0.25, 0.3) is 6.26 Å². The molecule has 0 aromatic heterocycles. The summed E-state index contributed by atoms with van der Waals surface area (Å²) in [7, 11) is 0. The lowest BCUT2D eigenvalue weighted by Gasteiger charge is -2.36. The molecule has 0 aliphatic carbocycles. The van der Waals surface area contributed by atoms with Crippen LogP contribution in [-0.4, -0.2) is 30.0 Å². The summed E-state index contributed by atoms with van der Waals surface area (Å²) in [5.41, 5.74) is 0. The van der Waals surface area contributed by atoms with E-state index in [0.29, 0.717) is 6.61 Å². The van der Waals surface area contributed by atoms with Crippen molar-refractivity contribution in [2.45, 2.75) is 38.6 Å². The Balaban J connectivity index is 2.61. The molecule has 1 fully saturated rings. The summed E-state index contributed by atoms with van der Waals surface area (Å²) in [6.07, 6.45) is 1.06. The fraction of sp³-hybridized carbons (Fsp3) is 0.889. The van der Waals surface area contributed by atoms with Crippen LogP contribution in [0.3, 0.4) is 0 Å². The zero-order valence-corrected chi connectivity index (χ0v) is 7.93. The lowest BCUT2D eigenvalue weighted by atomic mass is 9.92. The number of nitriles is 1. The molecule has 4 nitrogen and oxygen atoms in total. The van der Waals surface area contributed by atoms with E-state index in [1.54, 1.807) is 6.26 Å². The second-order valence-corrected chi connectivity index (χ2v) is 3.42. The van der Waals surface area contributed by atoms with Gasteiger partial charge in [0, 0.05) is 5.92 Å². The predicted octanol–water partition coefficient (Wildman–Crippen LogP) is 0.658. The average Bonchev–Trinajstić information content (AvgIpc) is 2.12. The van der Waals surface area contributed by atoms with Crippen molar-refractivity contribution in [3.63, 3.8) is 0 Å². The molecule has 0 aromatic carbocycles. The molecule has 0 saturated carbocycles.